The maximum absolute atomic E-state index is 12.4. The third-order valence-electron chi connectivity index (χ3n) is 3.77. The minimum atomic E-state index is -0.482. The standard InChI is InChI=1S/C17H15N3O5S/c1-9-6-10(4-5-12(9)20(22)23)16(21)19-17-18-15-13(25-3)7-11(24-2)8-14(15)26-17/h4-8H,1-3H3,(H,18,19,21). The molecule has 0 aliphatic carbocycles. The zero-order valence-corrected chi connectivity index (χ0v) is 15.0. The van der Waals surface area contributed by atoms with Crippen LogP contribution in [-0.4, -0.2) is 30.0 Å². The number of ether oxygens (including phenoxy) is 2. The van der Waals surface area contributed by atoms with Gasteiger partial charge in [-0.15, -0.1) is 0 Å². The molecule has 2 aromatic carbocycles. The van der Waals surface area contributed by atoms with Gasteiger partial charge >= 0.3 is 0 Å². The Kier molecular flexibility index (Phi) is 4.72. The number of fused-ring (bicyclic) bond motifs is 1. The lowest BCUT2D eigenvalue weighted by molar-refractivity contribution is -0.385. The zero-order valence-electron chi connectivity index (χ0n) is 14.2. The minimum Gasteiger partial charge on any atom is -0.497 e. The van der Waals surface area contributed by atoms with E-state index in [0.29, 0.717) is 33.3 Å². The predicted molar refractivity (Wildman–Crippen MR) is 98.5 cm³/mol. The molecule has 0 saturated carbocycles. The first kappa shape index (κ1) is 17.6. The zero-order chi connectivity index (χ0) is 18.8. The molecular formula is C17H15N3O5S. The smallest absolute Gasteiger partial charge is 0.272 e. The summed E-state index contributed by atoms with van der Waals surface area (Å²) >= 11 is 1.28. The highest BCUT2D eigenvalue weighted by atomic mass is 32.1. The third-order valence-corrected chi connectivity index (χ3v) is 4.68. The molecule has 3 rings (SSSR count). The highest BCUT2D eigenvalue weighted by Gasteiger charge is 2.16. The van der Waals surface area contributed by atoms with Crippen molar-refractivity contribution in [1.82, 2.24) is 4.98 Å². The Hall–Kier alpha value is -3.20. The molecule has 8 nitrogen and oxygen atoms in total. The number of benzene rings is 2. The van der Waals surface area contributed by atoms with E-state index in [9.17, 15) is 14.9 Å². The van der Waals surface area contributed by atoms with Crippen molar-refractivity contribution in [2.45, 2.75) is 6.92 Å². The Morgan fingerprint density at radius 1 is 1.23 bits per heavy atom. The van der Waals surface area contributed by atoms with Crippen LogP contribution in [0.5, 0.6) is 11.5 Å². The van der Waals surface area contributed by atoms with Gasteiger partial charge in [-0.1, -0.05) is 11.3 Å². The molecule has 0 atom stereocenters. The lowest BCUT2D eigenvalue weighted by atomic mass is 10.1. The Bertz CT molecular complexity index is 1020. The van der Waals surface area contributed by atoms with Crippen LogP contribution < -0.4 is 14.8 Å². The second kappa shape index (κ2) is 6.96. The number of carbonyl (C=O) groups is 1. The highest BCUT2D eigenvalue weighted by Crippen LogP contribution is 2.36. The van der Waals surface area contributed by atoms with Gasteiger partial charge in [-0.2, -0.15) is 0 Å². The number of nitro groups is 1. The number of nitro benzene ring substituents is 1. The van der Waals surface area contributed by atoms with Crippen LogP contribution in [0.2, 0.25) is 0 Å². The SMILES string of the molecule is COc1cc(OC)c2nc(NC(=O)c3ccc([N+](=O)[O-])c(C)c3)sc2c1. The van der Waals surface area contributed by atoms with Crippen LogP contribution in [0.4, 0.5) is 10.8 Å². The van der Waals surface area contributed by atoms with Crippen molar-refractivity contribution in [2.75, 3.05) is 19.5 Å². The van der Waals surface area contributed by atoms with Gasteiger partial charge in [0, 0.05) is 23.3 Å². The van der Waals surface area contributed by atoms with Crippen LogP contribution in [0.3, 0.4) is 0 Å². The molecule has 0 bridgehead atoms. The number of thiazole rings is 1. The number of aromatic nitrogens is 1. The maximum atomic E-state index is 12.4. The Morgan fingerprint density at radius 3 is 2.62 bits per heavy atom. The summed E-state index contributed by atoms with van der Waals surface area (Å²) in [5.41, 5.74) is 1.32. The van der Waals surface area contributed by atoms with Crippen LogP contribution in [0.15, 0.2) is 30.3 Å². The van der Waals surface area contributed by atoms with Gasteiger partial charge in [-0.3, -0.25) is 20.2 Å². The van der Waals surface area contributed by atoms with E-state index in [2.05, 4.69) is 10.3 Å². The largest absolute Gasteiger partial charge is 0.497 e. The topological polar surface area (TPSA) is 104 Å². The molecule has 0 saturated heterocycles. The summed E-state index contributed by atoms with van der Waals surface area (Å²) in [5, 5.41) is 14.0. The number of amides is 1. The van der Waals surface area contributed by atoms with Crippen molar-refractivity contribution >= 4 is 38.3 Å². The lowest BCUT2D eigenvalue weighted by Crippen LogP contribution is -2.12. The van der Waals surface area contributed by atoms with Crippen molar-refractivity contribution < 1.29 is 19.2 Å². The van der Waals surface area contributed by atoms with Crippen molar-refractivity contribution in [2.24, 2.45) is 0 Å². The van der Waals surface area contributed by atoms with E-state index in [-0.39, 0.29) is 5.69 Å². The summed E-state index contributed by atoms with van der Waals surface area (Å²) in [6.45, 7) is 1.59. The molecule has 0 aliphatic rings. The number of methoxy groups -OCH3 is 2. The number of nitrogens with one attached hydrogen (secondary N) is 1. The molecular weight excluding hydrogens is 358 g/mol. The molecule has 0 aliphatic heterocycles. The molecule has 3 aromatic rings. The van der Waals surface area contributed by atoms with Crippen molar-refractivity contribution in [3.8, 4) is 11.5 Å². The van der Waals surface area contributed by atoms with E-state index >= 15 is 0 Å². The third kappa shape index (κ3) is 3.29. The fraction of sp³-hybridized carbons (Fsp3) is 0.176. The fourth-order valence-corrected chi connectivity index (χ4v) is 3.38. The molecule has 26 heavy (non-hydrogen) atoms. The number of hydrogen-bond acceptors (Lipinski definition) is 7. The second-order valence-electron chi connectivity index (χ2n) is 5.41. The van der Waals surface area contributed by atoms with Gasteiger partial charge in [0.05, 0.1) is 23.8 Å². The molecule has 0 radical (unpaired) electrons. The minimum absolute atomic E-state index is 0.0293. The highest BCUT2D eigenvalue weighted by molar-refractivity contribution is 7.22. The lowest BCUT2D eigenvalue weighted by Gasteiger charge is -2.04. The first-order valence-corrected chi connectivity index (χ1v) is 8.33. The summed E-state index contributed by atoms with van der Waals surface area (Å²) in [4.78, 5) is 27.2. The van der Waals surface area contributed by atoms with Crippen LogP contribution in [0, 0.1) is 17.0 Å². The van der Waals surface area contributed by atoms with E-state index in [0.717, 1.165) is 4.70 Å². The van der Waals surface area contributed by atoms with Gasteiger partial charge in [0.1, 0.15) is 17.0 Å². The average Bonchev–Trinajstić information content (AvgIpc) is 3.02. The Morgan fingerprint density at radius 2 is 2.00 bits per heavy atom. The Labute approximate surface area is 152 Å². The number of rotatable bonds is 5. The molecule has 1 heterocycles. The van der Waals surface area contributed by atoms with Gasteiger partial charge in [-0.05, 0) is 25.1 Å². The van der Waals surface area contributed by atoms with Crippen LogP contribution in [0.25, 0.3) is 10.2 Å². The monoisotopic (exact) mass is 373 g/mol. The van der Waals surface area contributed by atoms with Crippen molar-refractivity contribution in [3.05, 3.63) is 51.6 Å². The van der Waals surface area contributed by atoms with Gasteiger partial charge in [0.25, 0.3) is 11.6 Å². The first-order chi connectivity index (χ1) is 12.4. The molecule has 0 fully saturated rings. The normalized spacial score (nSPS) is 10.6. The van der Waals surface area contributed by atoms with E-state index < -0.39 is 10.8 Å². The number of anilines is 1. The molecule has 1 amide bonds. The molecule has 0 spiro atoms. The molecule has 134 valence electrons. The van der Waals surface area contributed by atoms with E-state index in [1.54, 1.807) is 26.2 Å². The number of hydrogen-bond donors (Lipinski definition) is 1. The van der Waals surface area contributed by atoms with Gasteiger partial charge in [0.15, 0.2) is 5.13 Å². The quantitative estimate of drug-likeness (QED) is 0.539. The summed E-state index contributed by atoms with van der Waals surface area (Å²) in [5.74, 6) is 0.775. The number of nitrogens with zero attached hydrogens (tertiary/aromatic N) is 2. The summed E-state index contributed by atoms with van der Waals surface area (Å²) < 4.78 is 11.3. The average molecular weight is 373 g/mol. The van der Waals surface area contributed by atoms with Crippen LogP contribution >= 0.6 is 11.3 Å². The van der Waals surface area contributed by atoms with Gasteiger partial charge < -0.3 is 9.47 Å². The van der Waals surface area contributed by atoms with E-state index in [4.69, 9.17) is 9.47 Å². The van der Waals surface area contributed by atoms with E-state index in [1.807, 2.05) is 0 Å². The number of aryl methyl sites for hydroxylation is 1. The molecule has 0 unspecified atom stereocenters. The van der Waals surface area contributed by atoms with Gasteiger partial charge in [-0.25, -0.2) is 4.98 Å². The van der Waals surface area contributed by atoms with Crippen LogP contribution in [-0.2, 0) is 0 Å². The Balaban J connectivity index is 1.90. The number of carbonyl (C=O) groups excluding carboxylic acids is 1. The summed E-state index contributed by atoms with van der Waals surface area (Å²) in [6.07, 6.45) is 0. The van der Waals surface area contributed by atoms with Gasteiger partial charge in [0.2, 0.25) is 0 Å². The second-order valence-corrected chi connectivity index (χ2v) is 6.44. The van der Waals surface area contributed by atoms with Crippen molar-refractivity contribution in [3.63, 3.8) is 0 Å². The summed E-state index contributed by atoms with van der Waals surface area (Å²) in [6, 6.07) is 7.73. The molecule has 1 aromatic heterocycles. The van der Waals surface area contributed by atoms with Crippen LogP contribution in [0.1, 0.15) is 15.9 Å². The van der Waals surface area contributed by atoms with E-state index in [1.165, 1.54) is 36.6 Å². The maximum Gasteiger partial charge on any atom is 0.272 e. The van der Waals surface area contributed by atoms with Crippen molar-refractivity contribution in [1.29, 1.82) is 0 Å². The molecule has 9 heteroatoms. The fourth-order valence-electron chi connectivity index (χ4n) is 2.47. The molecule has 1 N–H and O–H groups in total. The summed E-state index contributed by atoms with van der Waals surface area (Å²) in [7, 11) is 3.09. The predicted octanol–water partition coefficient (Wildman–Crippen LogP) is 3.78. The first-order valence-electron chi connectivity index (χ1n) is 7.52.